The van der Waals surface area contributed by atoms with Crippen LogP contribution in [0.3, 0.4) is 0 Å². The quantitative estimate of drug-likeness (QED) is 0.654. The van der Waals surface area contributed by atoms with Crippen LogP contribution in [0, 0.1) is 0 Å². The Labute approximate surface area is 152 Å². The number of carbonyl (C=O) groups excluding carboxylic acids is 1. The summed E-state index contributed by atoms with van der Waals surface area (Å²) in [5, 5.41) is 3.71. The molecule has 0 saturated carbocycles. The van der Waals surface area contributed by atoms with Crippen LogP contribution >= 0.6 is 11.6 Å². The molecular formula is C20H20ClN3O. The number of nitrogens with zero attached hydrogens (tertiary/aromatic N) is 2. The maximum atomic E-state index is 12.2. The first-order valence-corrected chi connectivity index (χ1v) is 8.66. The number of benzene rings is 2. The summed E-state index contributed by atoms with van der Waals surface area (Å²) < 4.78 is 1.99. The van der Waals surface area contributed by atoms with Crippen LogP contribution < -0.4 is 5.32 Å². The molecule has 3 aromatic rings. The van der Waals surface area contributed by atoms with Gasteiger partial charge in [-0.3, -0.25) is 4.79 Å². The van der Waals surface area contributed by atoms with Gasteiger partial charge in [-0.25, -0.2) is 4.98 Å². The first-order chi connectivity index (χ1) is 12.2. The van der Waals surface area contributed by atoms with Crippen molar-refractivity contribution < 1.29 is 4.79 Å². The molecule has 0 unspecified atom stereocenters. The zero-order valence-electron chi connectivity index (χ0n) is 13.9. The number of carbonyl (C=O) groups is 1. The van der Waals surface area contributed by atoms with Crippen molar-refractivity contribution in [2.75, 3.05) is 6.54 Å². The van der Waals surface area contributed by atoms with Gasteiger partial charge < -0.3 is 9.88 Å². The monoisotopic (exact) mass is 353 g/mol. The highest BCUT2D eigenvalue weighted by molar-refractivity contribution is 6.30. The fourth-order valence-corrected chi connectivity index (χ4v) is 2.73. The SMILES string of the molecule is O=C(NCCCc1ccc(Cl)cc1)c1ccc(Cn2ccnc2)cc1. The van der Waals surface area contributed by atoms with Crippen molar-refractivity contribution in [1.82, 2.24) is 14.9 Å². The normalized spacial score (nSPS) is 10.6. The van der Waals surface area contributed by atoms with E-state index in [0.717, 1.165) is 30.0 Å². The topological polar surface area (TPSA) is 46.9 Å². The Balaban J connectivity index is 1.44. The maximum Gasteiger partial charge on any atom is 0.251 e. The molecule has 0 atom stereocenters. The first-order valence-electron chi connectivity index (χ1n) is 8.28. The molecule has 0 aliphatic rings. The summed E-state index contributed by atoms with van der Waals surface area (Å²) in [6.07, 6.45) is 7.27. The molecule has 1 N–H and O–H groups in total. The number of imidazole rings is 1. The van der Waals surface area contributed by atoms with E-state index < -0.39 is 0 Å². The average Bonchev–Trinajstić information content (AvgIpc) is 3.14. The number of halogens is 1. The molecule has 25 heavy (non-hydrogen) atoms. The van der Waals surface area contributed by atoms with E-state index >= 15 is 0 Å². The van der Waals surface area contributed by atoms with Gasteiger partial charge in [0, 0.05) is 36.1 Å². The van der Waals surface area contributed by atoms with Crippen LogP contribution in [0.15, 0.2) is 67.3 Å². The zero-order chi connectivity index (χ0) is 17.5. The highest BCUT2D eigenvalue weighted by Crippen LogP contribution is 2.11. The Bertz CT molecular complexity index is 796. The van der Waals surface area contributed by atoms with Crippen LogP contribution in [0.1, 0.15) is 27.9 Å². The van der Waals surface area contributed by atoms with E-state index in [-0.39, 0.29) is 5.91 Å². The van der Waals surface area contributed by atoms with E-state index in [1.807, 2.05) is 59.3 Å². The molecule has 0 fully saturated rings. The summed E-state index contributed by atoms with van der Waals surface area (Å²) in [5.41, 5.74) is 3.04. The van der Waals surface area contributed by atoms with Gasteiger partial charge in [0.1, 0.15) is 0 Å². The lowest BCUT2D eigenvalue weighted by Crippen LogP contribution is -2.24. The minimum Gasteiger partial charge on any atom is -0.352 e. The minimum atomic E-state index is -0.0368. The molecule has 1 amide bonds. The summed E-state index contributed by atoms with van der Waals surface area (Å²) in [5.74, 6) is -0.0368. The van der Waals surface area contributed by atoms with E-state index in [1.54, 1.807) is 12.5 Å². The second-order valence-electron chi connectivity index (χ2n) is 5.92. The van der Waals surface area contributed by atoms with E-state index in [9.17, 15) is 4.79 Å². The van der Waals surface area contributed by atoms with Gasteiger partial charge in [-0.1, -0.05) is 35.9 Å². The third-order valence-electron chi connectivity index (χ3n) is 3.98. The van der Waals surface area contributed by atoms with Crippen LogP contribution in [-0.4, -0.2) is 22.0 Å². The van der Waals surface area contributed by atoms with E-state index in [1.165, 1.54) is 5.56 Å². The highest BCUT2D eigenvalue weighted by Gasteiger charge is 2.05. The largest absolute Gasteiger partial charge is 0.352 e. The van der Waals surface area contributed by atoms with Crippen LogP contribution in [0.2, 0.25) is 5.02 Å². The van der Waals surface area contributed by atoms with Crippen molar-refractivity contribution in [2.45, 2.75) is 19.4 Å². The summed E-state index contributed by atoms with van der Waals surface area (Å²) in [7, 11) is 0. The number of nitrogens with one attached hydrogen (secondary N) is 1. The molecule has 0 aliphatic heterocycles. The van der Waals surface area contributed by atoms with Crippen molar-refractivity contribution in [1.29, 1.82) is 0 Å². The number of hydrogen-bond acceptors (Lipinski definition) is 2. The van der Waals surface area contributed by atoms with Crippen molar-refractivity contribution in [3.05, 3.63) is 89.0 Å². The summed E-state index contributed by atoms with van der Waals surface area (Å²) >= 11 is 5.87. The molecule has 5 heteroatoms. The predicted molar refractivity (Wildman–Crippen MR) is 99.9 cm³/mol. The Morgan fingerprint density at radius 3 is 2.44 bits per heavy atom. The molecule has 0 aliphatic carbocycles. The van der Waals surface area contributed by atoms with Crippen molar-refractivity contribution >= 4 is 17.5 Å². The summed E-state index contributed by atoms with van der Waals surface area (Å²) in [6.45, 7) is 1.40. The Morgan fingerprint density at radius 2 is 1.76 bits per heavy atom. The molecule has 0 bridgehead atoms. The highest BCUT2D eigenvalue weighted by atomic mass is 35.5. The van der Waals surface area contributed by atoms with Crippen LogP contribution in [0.25, 0.3) is 0 Å². The molecule has 1 heterocycles. The van der Waals surface area contributed by atoms with Gasteiger partial charge in [0.25, 0.3) is 5.91 Å². The van der Waals surface area contributed by atoms with E-state index in [2.05, 4.69) is 10.3 Å². The van der Waals surface area contributed by atoms with Crippen molar-refractivity contribution in [3.8, 4) is 0 Å². The van der Waals surface area contributed by atoms with Gasteiger partial charge in [-0.15, -0.1) is 0 Å². The Kier molecular flexibility index (Phi) is 5.86. The van der Waals surface area contributed by atoms with E-state index in [4.69, 9.17) is 11.6 Å². The second-order valence-corrected chi connectivity index (χ2v) is 6.35. The third-order valence-corrected chi connectivity index (χ3v) is 4.23. The fraction of sp³-hybridized carbons (Fsp3) is 0.200. The van der Waals surface area contributed by atoms with Gasteiger partial charge in [-0.2, -0.15) is 0 Å². The Hall–Kier alpha value is -2.59. The molecule has 4 nitrogen and oxygen atoms in total. The second kappa shape index (κ2) is 8.49. The molecule has 3 rings (SSSR count). The summed E-state index contributed by atoms with van der Waals surface area (Å²) in [6, 6.07) is 15.5. The number of aryl methyl sites for hydroxylation is 1. The third kappa shape index (κ3) is 5.19. The number of hydrogen-bond donors (Lipinski definition) is 1. The molecule has 0 radical (unpaired) electrons. The average molecular weight is 354 g/mol. The molecule has 1 aromatic heterocycles. The number of rotatable bonds is 7. The fourth-order valence-electron chi connectivity index (χ4n) is 2.60. The number of aromatic nitrogens is 2. The molecule has 0 saturated heterocycles. The standard InChI is InChI=1S/C20H20ClN3O/c21-19-9-5-16(6-10-19)2-1-11-23-20(25)18-7-3-17(4-8-18)14-24-13-12-22-15-24/h3-10,12-13,15H,1-2,11,14H2,(H,23,25). The predicted octanol–water partition coefficient (Wildman–Crippen LogP) is 3.95. The van der Waals surface area contributed by atoms with Gasteiger partial charge >= 0.3 is 0 Å². The lowest BCUT2D eigenvalue weighted by Gasteiger charge is -2.07. The van der Waals surface area contributed by atoms with Crippen LogP contribution in [0.4, 0.5) is 0 Å². The van der Waals surface area contributed by atoms with Crippen LogP contribution in [0.5, 0.6) is 0 Å². The lowest BCUT2D eigenvalue weighted by atomic mass is 10.1. The van der Waals surface area contributed by atoms with Crippen LogP contribution in [-0.2, 0) is 13.0 Å². The number of amides is 1. The smallest absolute Gasteiger partial charge is 0.251 e. The van der Waals surface area contributed by atoms with Crippen molar-refractivity contribution in [2.24, 2.45) is 0 Å². The van der Waals surface area contributed by atoms with Crippen molar-refractivity contribution in [3.63, 3.8) is 0 Å². The maximum absolute atomic E-state index is 12.2. The molecule has 2 aromatic carbocycles. The molecule has 128 valence electrons. The molecule has 0 spiro atoms. The summed E-state index contributed by atoms with van der Waals surface area (Å²) in [4.78, 5) is 16.2. The lowest BCUT2D eigenvalue weighted by molar-refractivity contribution is 0.0953. The molecular weight excluding hydrogens is 334 g/mol. The first kappa shape index (κ1) is 17.2. The Morgan fingerprint density at radius 1 is 1.04 bits per heavy atom. The van der Waals surface area contributed by atoms with Gasteiger partial charge in [0.15, 0.2) is 0 Å². The zero-order valence-corrected chi connectivity index (χ0v) is 14.6. The minimum absolute atomic E-state index is 0.0368. The van der Waals surface area contributed by atoms with Gasteiger partial charge in [0.2, 0.25) is 0 Å². The van der Waals surface area contributed by atoms with E-state index in [0.29, 0.717) is 12.1 Å². The van der Waals surface area contributed by atoms with Gasteiger partial charge in [-0.05, 0) is 48.2 Å². The van der Waals surface area contributed by atoms with Gasteiger partial charge in [0.05, 0.1) is 6.33 Å².